The van der Waals surface area contributed by atoms with Crippen molar-refractivity contribution in [3.8, 4) is 0 Å². The Morgan fingerprint density at radius 3 is 2.28 bits per heavy atom. The lowest BCUT2D eigenvalue weighted by atomic mass is 9.93. The fraction of sp³-hybridized carbons (Fsp3) is 0.625. The fourth-order valence-corrected chi connectivity index (χ4v) is 2.15. The molecule has 0 aliphatic rings. The zero-order valence-electron chi connectivity index (χ0n) is 12.4. The van der Waals surface area contributed by atoms with Crippen LogP contribution in [0.15, 0.2) is 24.3 Å². The molecule has 102 valence electrons. The van der Waals surface area contributed by atoms with Gasteiger partial charge in [0.25, 0.3) is 0 Å². The van der Waals surface area contributed by atoms with Crippen LogP contribution < -0.4 is 5.73 Å². The number of hydrogen-bond donors (Lipinski definition) is 1. The molecule has 18 heavy (non-hydrogen) atoms. The van der Waals surface area contributed by atoms with Gasteiger partial charge in [0.1, 0.15) is 0 Å². The Morgan fingerprint density at radius 1 is 1.17 bits per heavy atom. The van der Waals surface area contributed by atoms with Gasteiger partial charge in [-0.3, -0.25) is 4.90 Å². The van der Waals surface area contributed by atoms with Crippen molar-refractivity contribution in [1.82, 2.24) is 4.90 Å². The Balaban J connectivity index is 2.65. The standard InChI is InChI=1S/C16H28N2/c1-5-10-18(13-16(3,4)12-17)11-15-8-6-14(2)7-9-15/h6-9H,5,10-13,17H2,1-4H3. The van der Waals surface area contributed by atoms with Crippen molar-refractivity contribution < 1.29 is 0 Å². The van der Waals surface area contributed by atoms with Gasteiger partial charge in [0.15, 0.2) is 0 Å². The molecular formula is C16H28N2. The van der Waals surface area contributed by atoms with E-state index in [4.69, 9.17) is 5.73 Å². The number of aryl methyl sites for hydroxylation is 1. The van der Waals surface area contributed by atoms with E-state index in [1.807, 2.05) is 0 Å². The topological polar surface area (TPSA) is 29.3 Å². The molecule has 0 saturated carbocycles. The molecule has 0 aromatic heterocycles. The molecule has 1 rings (SSSR count). The summed E-state index contributed by atoms with van der Waals surface area (Å²) in [5.74, 6) is 0. The van der Waals surface area contributed by atoms with E-state index in [0.29, 0.717) is 0 Å². The quantitative estimate of drug-likeness (QED) is 0.803. The third kappa shape index (κ3) is 5.19. The summed E-state index contributed by atoms with van der Waals surface area (Å²) < 4.78 is 0. The van der Waals surface area contributed by atoms with Crippen molar-refractivity contribution in [1.29, 1.82) is 0 Å². The van der Waals surface area contributed by atoms with Crippen LogP contribution in [0.2, 0.25) is 0 Å². The summed E-state index contributed by atoms with van der Waals surface area (Å²) in [7, 11) is 0. The van der Waals surface area contributed by atoms with Crippen LogP contribution in [0.3, 0.4) is 0 Å². The van der Waals surface area contributed by atoms with E-state index in [9.17, 15) is 0 Å². The maximum atomic E-state index is 5.84. The van der Waals surface area contributed by atoms with E-state index in [0.717, 1.165) is 26.2 Å². The average molecular weight is 248 g/mol. The molecule has 0 heterocycles. The number of hydrogen-bond acceptors (Lipinski definition) is 2. The van der Waals surface area contributed by atoms with Crippen LogP contribution in [0.4, 0.5) is 0 Å². The van der Waals surface area contributed by atoms with Gasteiger partial charge in [-0.1, -0.05) is 50.6 Å². The zero-order chi connectivity index (χ0) is 13.6. The van der Waals surface area contributed by atoms with E-state index in [1.165, 1.54) is 17.5 Å². The minimum absolute atomic E-state index is 0.194. The lowest BCUT2D eigenvalue weighted by Crippen LogP contribution is -2.38. The van der Waals surface area contributed by atoms with Gasteiger partial charge in [-0.15, -0.1) is 0 Å². The van der Waals surface area contributed by atoms with E-state index < -0.39 is 0 Å². The molecule has 0 aliphatic heterocycles. The summed E-state index contributed by atoms with van der Waals surface area (Å²) in [4.78, 5) is 2.51. The molecule has 2 nitrogen and oxygen atoms in total. The van der Waals surface area contributed by atoms with Gasteiger partial charge in [0.2, 0.25) is 0 Å². The van der Waals surface area contributed by atoms with E-state index in [2.05, 4.69) is 56.9 Å². The minimum atomic E-state index is 0.194. The highest BCUT2D eigenvalue weighted by Gasteiger charge is 2.19. The predicted octanol–water partition coefficient (Wildman–Crippen LogP) is 3.19. The third-order valence-electron chi connectivity index (χ3n) is 3.27. The number of rotatable bonds is 7. The average Bonchev–Trinajstić information content (AvgIpc) is 2.32. The predicted molar refractivity (Wildman–Crippen MR) is 79.6 cm³/mol. The number of nitrogens with zero attached hydrogens (tertiary/aromatic N) is 1. The Morgan fingerprint density at radius 2 is 1.78 bits per heavy atom. The highest BCUT2D eigenvalue weighted by atomic mass is 15.1. The fourth-order valence-electron chi connectivity index (χ4n) is 2.15. The van der Waals surface area contributed by atoms with Crippen LogP contribution in [0, 0.1) is 12.3 Å². The second-order valence-electron chi connectivity index (χ2n) is 6.06. The molecule has 0 spiro atoms. The van der Waals surface area contributed by atoms with Crippen LogP contribution in [0.5, 0.6) is 0 Å². The molecule has 0 amide bonds. The van der Waals surface area contributed by atoms with Gasteiger partial charge in [-0.05, 0) is 37.4 Å². The van der Waals surface area contributed by atoms with Crippen LogP contribution in [-0.4, -0.2) is 24.5 Å². The molecule has 0 aliphatic carbocycles. The molecular weight excluding hydrogens is 220 g/mol. The number of benzene rings is 1. The first-order valence-electron chi connectivity index (χ1n) is 6.95. The summed E-state index contributed by atoms with van der Waals surface area (Å²) in [6, 6.07) is 8.84. The lowest BCUT2D eigenvalue weighted by molar-refractivity contribution is 0.176. The van der Waals surface area contributed by atoms with Crippen molar-refractivity contribution in [2.75, 3.05) is 19.6 Å². The van der Waals surface area contributed by atoms with Gasteiger partial charge in [-0.2, -0.15) is 0 Å². The van der Waals surface area contributed by atoms with Crippen LogP contribution >= 0.6 is 0 Å². The molecule has 0 radical (unpaired) electrons. The summed E-state index contributed by atoms with van der Waals surface area (Å²) in [5.41, 5.74) is 8.74. The molecule has 1 aromatic rings. The monoisotopic (exact) mass is 248 g/mol. The molecule has 0 bridgehead atoms. The highest BCUT2D eigenvalue weighted by Crippen LogP contribution is 2.17. The van der Waals surface area contributed by atoms with Crippen molar-refractivity contribution in [2.45, 2.75) is 40.7 Å². The largest absolute Gasteiger partial charge is 0.330 e. The maximum absolute atomic E-state index is 5.84. The molecule has 0 fully saturated rings. The molecule has 0 saturated heterocycles. The van der Waals surface area contributed by atoms with E-state index in [-0.39, 0.29) is 5.41 Å². The molecule has 0 atom stereocenters. The SMILES string of the molecule is CCCN(Cc1ccc(C)cc1)CC(C)(C)CN. The van der Waals surface area contributed by atoms with Crippen LogP contribution in [0.25, 0.3) is 0 Å². The van der Waals surface area contributed by atoms with Crippen molar-refractivity contribution in [3.05, 3.63) is 35.4 Å². The van der Waals surface area contributed by atoms with Gasteiger partial charge in [0.05, 0.1) is 0 Å². The minimum Gasteiger partial charge on any atom is -0.330 e. The van der Waals surface area contributed by atoms with Crippen LogP contribution in [-0.2, 0) is 6.54 Å². The first kappa shape index (κ1) is 15.2. The highest BCUT2D eigenvalue weighted by molar-refractivity contribution is 5.21. The molecule has 2 heteroatoms. The second kappa shape index (κ2) is 6.91. The first-order valence-corrected chi connectivity index (χ1v) is 6.95. The smallest absolute Gasteiger partial charge is 0.0233 e. The van der Waals surface area contributed by atoms with Gasteiger partial charge >= 0.3 is 0 Å². The van der Waals surface area contributed by atoms with Crippen molar-refractivity contribution >= 4 is 0 Å². The van der Waals surface area contributed by atoms with Crippen molar-refractivity contribution in [3.63, 3.8) is 0 Å². The Hall–Kier alpha value is -0.860. The Bertz CT molecular complexity index is 341. The second-order valence-corrected chi connectivity index (χ2v) is 6.06. The Labute approximate surface area is 112 Å². The van der Waals surface area contributed by atoms with Gasteiger partial charge < -0.3 is 5.73 Å². The summed E-state index contributed by atoms with van der Waals surface area (Å²) in [6.45, 7) is 12.8. The van der Waals surface area contributed by atoms with Gasteiger partial charge in [0, 0.05) is 13.1 Å². The van der Waals surface area contributed by atoms with Gasteiger partial charge in [-0.25, -0.2) is 0 Å². The normalized spacial score (nSPS) is 12.1. The molecule has 1 aromatic carbocycles. The van der Waals surface area contributed by atoms with E-state index >= 15 is 0 Å². The third-order valence-corrected chi connectivity index (χ3v) is 3.27. The maximum Gasteiger partial charge on any atom is 0.0233 e. The van der Waals surface area contributed by atoms with Crippen LogP contribution in [0.1, 0.15) is 38.3 Å². The van der Waals surface area contributed by atoms with Crippen molar-refractivity contribution in [2.24, 2.45) is 11.1 Å². The summed E-state index contributed by atoms with van der Waals surface area (Å²) >= 11 is 0. The molecule has 0 unspecified atom stereocenters. The lowest BCUT2D eigenvalue weighted by Gasteiger charge is -2.31. The molecule has 2 N–H and O–H groups in total. The number of nitrogens with two attached hydrogens (primary N) is 1. The van der Waals surface area contributed by atoms with E-state index in [1.54, 1.807) is 0 Å². The first-order chi connectivity index (χ1) is 8.46. The zero-order valence-corrected chi connectivity index (χ0v) is 12.4. The Kier molecular flexibility index (Phi) is 5.83. The summed E-state index contributed by atoms with van der Waals surface area (Å²) in [6.07, 6.45) is 1.19. The summed E-state index contributed by atoms with van der Waals surface area (Å²) in [5, 5.41) is 0.